The summed E-state index contributed by atoms with van der Waals surface area (Å²) in [5, 5.41) is 1.15. The highest BCUT2D eigenvalue weighted by Crippen LogP contribution is 2.43. The van der Waals surface area contributed by atoms with E-state index in [9.17, 15) is 0 Å². The van der Waals surface area contributed by atoms with Crippen molar-refractivity contribution in [2.45, 2.75) is 20.3 Å². The normalized spacial score (nSPS) is 18.1. The van der Waals surface area contributed by atoms with Crippen LogP contribution in [0.25, 0.3) is 5.70 Å². The van der Waals surface area contributed by atoms with E-state index < -0.39 is 0 Å². The number of rotatable bonds is 3. The van der Waals surface area contributed by atoms with E-state index >= 15 is 0 Å². The number of aliphatic imine (C=N–C) groups is 1. The van der Waals surface area contributed by atoms with Crippen LogP contribution >= 0.6 is 11.8 Å². The van der Waals surface area contributed by atoms with Gasteiger partial charge in [0.25, 0.3) is 0 Å². The zero-order chi connectivity index (χ0) is 13.4. The maximum atomic E-state index is 5.75. The third kappa shape index (κ3) is 2.19. The SMILES string of the molecule is Cc1ccc(C2=C(CCN)SC3=NCCN32)cc1C. The average Bonchev–Trinajstić information content (AvgIpc) is 2.93. The van der Waals surface area contributed by atoms with Gasteiger partial charge >= 0.3 is 0 Å². The van der Waals surface area contributed by atoms with Gasteiger partial charge in [0.05, 0.1) is 12.2 Å². The molecule has 1 aromatic carbocycles. The monoisotopic (exact) mass is 273 g/mol. The van der Waals surface area contributed by atoms with Gasteiger partial charge in [-0.3, -0.25) is 4.99 Å². The number of fused-ring (bicyclic) bond motifs is 1. The minimum Gasteiger partial charge on any atom is -0.330 e. The third-order valence-electron chi connectivity index (χ3n) is 3.70. The van der Waals surface area contributed by atoms with Gasteiger partial charge in [0, 0.05) is 11.4 Å². The van der Waals surface area contributed by atoms with Gasteiger partial charge < -0.3 is 10.6 Å². The van der Waals surface area contributed by atoms with Gasteiger partial charge in [-0.25, -0.2) is 0 Å². The molecular weight excluding hydrogens is 254 g/mol. The first-order valence-electron chi connectivity index (χ1n) is 6.71. The van der Waals surface area contributed by atoms with Crippen LogP contribution < -0.4 is 5.73 Å². The maximum Gasteiger partial charge on any atom is 0.168 e. The highest BCUT2D eigenvalue weighted by atomic mass is 32.2. The fourth-order valence-electron chi connectivity index (χ4n) is 2.54. The zero-order valence-electron chi connectivity index (χ0n) is 11.4. The molecule has 2 heterocycles. The molecule has 2 aliphatic rings. The van der Waals surface area contributed by atoms with Crippen molar-refractivity contribution >= 4 is 22.6 Å². The Morgan fingerprint density at radius 1 is 1.32 bits per heavy atom. The molecule has 0 saturated heterocycles. The molecule has 0 unspecified atom stereocenters. The summed E-state index contributed by atoms with van der Waals surface area (Å²) >= 11 is 1.79. The first-order chi connectivity index (χ1) is 9.20. The van der Waals surface area contributed by atoms with E-state index in [0.717, 1.165) is 24.7 Å². The van der Waals surface area contributed by atoms with Gasteiger partial charge in [0.2, 0.25) is 0 Å². The minimum absolute atomic E-state index is 0.692. The predicted octanol–water partition coefficient (Wildman–Crippen LogP) is 2.74. The molecule has 3 rings (SSSR count). The predicted molar refractivity (Wildman–Crippen MR) is 83.1 cm³/mol. The van der Waals surface area contributed by atoms with Crippen molar-refractivity contribution in [2.75, 3.05) is 19.6 Å². The van der Waals surface area contributed by atoms with Crippen molar-refractivity contribution in [3.8, 4) is 0 Å². The van der Waals surface area contributed by atoms with Gasteiger partial charge in [0.1, 0.15) is 0 Å². The van der Waals surface area contributed by atoms with Crippen LogP contribution in [0, 0.1) is 13.8 Å². The molecule has 3 nitrogen and oxygen atoms in total. The summed E-state index contributed by atoms with van der Waals surface area (Å²) in [7, 11) is 0. The van der Waals surface area contributed by atoms with Crippen molar-refractivity contribution in [1.29, 1.82) is 0 Å². The lowest BCUT2D eigenvalue weighted by Gasteiger charge is -2.18. The average molecular weight is 273 g/mol. The van der Waals surface area contributed by atoms with Crippen LogP contribution in [0.2, 0.25) is 0 Å². The standard InChI is InChI=1S/C15H19N3S/c1-10-3-4-12(9-11(10)2)14-13(5-6-16)19-15-17-7-8-18(14)15/h3-4,9H,5-8,16H2,1-2H3. The molecule has 0 radical (unpaired) electrons. The number of nitrogens with two attached hydrogens (primary N) is 1. The first-order valence-corrected chi connectivity index (χ1v) is 7.53. The van der Waals surface area contributed by atoms with Crippen LogP contribution in [-0.4, -0.2) is 29.7 Å². The molecule has 0 amide bonds. The van der Waals surface area contributed by atoms with E-state index in [4.69, 9.17) is 5.73 Å². The van der Waals surface area contributed by atoms with Crippen molar-refractivity contribution in [2.24, 2.45) is 10.7 Å². The van der Waals surface area contributed by atoms with E-state index in [1.807, 2.05) is 0 Å². The summed E-state index contributed by atoms with van der Waals surface area (Å²) in [6.45, 7) is 6.92. The second-order valence-electron chi connectivity index (χ2n) is 5.03. The Balaban J connectivity index is 2.05. The molecule has 100 valence electrons. The van der Waals surface area contributed by atoms with Gasteiger partial charge in [-0.2, -0.15) is 0 Å². The number of amidine groups is 1. The Morgan fingerprint density at radius 3 is 2.89 bits per heavy atom. The van der Waals surface area contributed by atoms with Crippen molar-refractivity contribution in [3.05, 3.63) is 39.8 Å². The minimum atomic E-state index is 0.692. The molecule has 0 spiro atoms. The lowest BCUT2D eigenvalue weighted by atomic mass is 10.0. The fraction of sp³-hybridized carbons (Fsp3) is 0.400. The fourth-order valence-corrected chi connectivity index (χ4v) is 3.75. The molecular formula is C15H19N3S. The number of hydrogen-bond donors (Lipinski definition) is 1. The number of aryl methyl sites for hydroxylation is 2. The van der Waals surface area contributed by atoms with Crippen LogP contribution in [0.5, 0.6) is 0 Å². The summed E-state index contributed by atoms with van der Waals surface area (Å²) in [6.07, 6.45) is 0.933. The largest absolute Gasteiger partial charge is 0.330 e. The Kier molecular flexibility index (Phi) is 3.37. The van der Waals surface area contributed by atoms with Crippen LogP contribution in [0.4, 0.5) is 0 Å². The molecule has 19 heavy (non-hydrogen) atoms. The molecule has 1 aromatic rings. The van der Waals surface area contributed by atoms with Crippen LogP contribution in [-0.2, 0) is 0 Å². The zero-order valence-corrected chi connectivity index (χ0v) is 12.3. The Bertz CT molecular complexity index is 575. The van der Waals surface area contributed by atoms with Crippen LogP contribution in [0.15, 0.2) is 28.1 Å². The second-order valence-corrected chi connectivity index (χ2v) is 6.09. The molecule has 0 saturated carbocycles. The second kappa shape index (κ2) is 5.02. The summed E-state index contributed by atoms with van der Waals surface area (Å²) in [4.78, 5) is 8.28. The van der Waals surface area contributed by atoms with E-state index in [2.05, 4.69) is 41.9 Å². The summed E-state index contributed by atoms with van der Waals surface area (Å²) in [5.74, 6) is 0. The van der Waals surface area contributed by atoms with E-state index in [1.54, 1.807) is 11.8 Å². The van der Waals surface area contributed by atoms with Crippen LogP contribution in [0.3, 0.4) is 0 Å². The lowest BCUT2D eigenvalue weighted by Crippen LogP contribution is -2.20. The Morgan fingerprint density at radius 2 is 2.16 bits per heavy atom. The topological polar surface area (TPSA) is 41.6 Å². The third-order valence-corrected chi connectivity index (χ3v) is 4.88. The highest BCUT2D eigenvalue weighted by Gasteiger charge is 2.32. The maximum absolute atomic E-state index is 5.75. The van der Waals surface area contributed by atoms with Gasteiger partial charge in [-0.05, 0) is 49.6 Å². The van der Waals surface area contributed by atoms with Crippen molar-refractivity contribution in [1.82, 2.24) is 4.90 Å². The van der Waals surface area contributed by atoms with Gasteiger partial charge in [0.15, 0.2) is 5.17 Å². The molecule has 0 atom stereocenters. The molecule has 2 N–H and O–H groups in total. The molecule has 4 heteroatoms. The van der Waals surface area contributed by atoms with Crippen molar-refractivity contribution in [3.63, 3.8) is 0 Å². The highest BCUT2D eigenvalue weighted by molar-refractivity contribution is 8.17. The van der Waals surface area contributed by atoms with Gasteiger partial charge in [-0.1, -0.05) is 23.9 Å². The van der Waals surface area contributed by atoms with E-state index in [-0.39, 0.29) is 0 Å². The van der Waals surface area contributed by atoms with Crippen LogP contribution in [0.1, 0.15) is 23.1 Å². The Hall–Kier alpha value is -1.26. The first kappa shape index (κ1) is 12.8. The number of hydrogen-bond acceptors (Lipinski definition) is 4. The van der Waals surface area contributed by atoms with E-state index in [0.29, 0.717) is 6.54 Å². The Labute approximate surface area is 118 Å². The number of thioether (sulfide) groups is 1. The summed E-state index contributed by atoms with van der Waals surface area (Å²) in [6, 6.07) is 6.70. The summed E-state index contributed by atoms with van der Waals surface area (Å²) in [5.41, 5.74) is 11.1. The molecule has 0 bridgehead atoms. The number of benzene rings is 1. The molecule has 0 aliphatic carbocycles. The lowest BCUT2D eigenvalue weighted by molar-refractivity contribution is 0.646. The smallest absolute Gasteiger partial charge is 0.168 e. The summed E-state index contributed by atoms with van der Waals surface area (Å²) < 4.78 is 0. The molecule has 0 aromatic heterocycles. The van der Waals surface area contributed by atoms with Gasteiger partial charge in [-0.15, -0.1) is 0 Å². The molecule has 2 aliphatic heterocycles. The number of nitrogens with zero attached hydrogens (tertiary/aromatic N) is 2. The van der Waals surface area contributed by atoms with Crippen molar-refractivity contribution < 1.29 is 0 Å². The molecule has 0 fully saturated rings. The quantitative estimate of drug-likeness (QED) is 0.920. The van der Waals surface area contributed by atoms with E-state index in [1.165, 1.54) is 27.3 Å².